The molecule has 178 valence electrons. The van der Waals surface area contributed by atoms with Crippen LogP contribution in [-0.2, 0) is 14.3 Å². The Balaban J connectivity index is 1.14. The first kappa shape index (κ1) is 22.4. The van der Waals surface area contributed by atoms with Crippen molar-refractivity contribution in [2.45, 2.75) is 44.1 Å². The summed E-state index contributed by atoms with van der Waals surface area (Å²) in [7, 11) is 1.74. The summed E-state index contributed by atoms with van der Waals surface area (Å²) < 4.78 is 5.67. The summed E-state index contributed by atoms with van der Waals surface area (Å²) in [5.41, 5.74) is 4.33. The number of benzene rings is 2. The van der Waals surface area contributed by atoms with Gasteiger partial charge in [-0.2, -0.15) is 0 Å². The van der Waals surface area contributed by atoms with Gasteiger partial charge in [-0.15, -0.1) is 0 Å². The molecule has 0 bridgehead atoms. The summed E-state index contributed by atoms with van der Waals surface area (Å²) in [6.45, 7) is 0.705. The highest BCUT2D eigenvalue weighted by molar-refractivity contribution is 5.87. The third-order valence-corrected chi connectivity index (χ3v) is 7.73. The number of nitrogens with one attached hydrogen (secondary N) is 1. The number of rotatable bonds is 8. The number of nitrogens with zero attached hydrogens (tertiary/aromatic N) is 1. The first-order chi connectivity index (χ1) is 16.4. The van der Waals surface area contributed by atoms with Crippen LogP contribution in [0.4, 0.5) is 4.79 Å². The summed E-state index contributed by atoms with van der Waals surface area (Å²) in [6, 6.07) is 16.4. The van der Waals surface area contributed by atoms with E-state index in [0.29, 0.717) is 19.4 Å². The van der Waals surface area contributed by atoms with Gasteiger partial charge in [0.2, 0.25) is 5.91 Å². The molecule has 0 spiro atoms. The molecular formula is C27H30N2O5. The summed E-state index contributed by atoms with van der Waals surface area (Å²) in [4.78, 5) is 38.0. The number of amides is 2. The van der Waals surface area contributed by atoms with Crippen molar-refractivity contribution in [3.8, 4) is 11.1 Å². The SMILES string of the molecule is CN(CCCC(=O)O)C(=O)[C@@]12C[C@@H](NC(=O)OCC3c4ccccc4-c4ccccc43)C[C@@H]1C2. The van der Waals surface area contributed by atoms with Crippen LogP contribution in [-0.4, -0.2) is 54.2 Å². The molecule has 7 nitrogen and oxygen atoms in total. The molecule has 3 atom stereocenters. The second-order valence-electron chi connectivity index (χ2n) is 9.89. The van der Waals surface area contributed by atoms with Crippen molar-refractivity contribution in [1.29, 1.82) is 0 Å². The first-order valence-corrected chi connectivity index (χ1v) is 12.0. The standard InChI is InChI=1S/C27H30N2O5/c1-29(12-6-11-24(30)31)25(32)27-14-17(27)13-18(15-27)28-26(33)34-16-23-21-9-4-2-7-19(21)20-8-3-5-10-22(20)23/h2-5,7-10,17-18,23H,6,11-16H2,1H3,(H,28,33)(H,30,31)/t17-,18+,27+/m1/s1. The molecule has 3 aliphatic carbocycles. The Morgan fingerprint density at radius 2 is 1.71 bits per heavy atom. The number of carbonyl (C=O) groups excluding carboxylic acids is 2. The molecule has 0 saturated heterocycles. The summed E-state index contributed by atoms with van der Waals surface area (Å²) >= 11 is 0. The van der Waals surface area contributed by atoms with Crippen molar-refractivity contribution in [2.75, 3.05) is 20.2 Å². The molecule has 3 aliphatic rings. The monoisotopic (exact) mass is 462 g/mol. The number of carboxylic acids is 1. The molecule has 5 rings (SSSR count). The summed E-state index contributed by atoms with van der Waals surface area (Å²) in [5, 5.41) is 11.8. The first-order valence-electron chi connectivity index (χ1n) is 12.0. The zero-order chi connectivity index (χ0) is 23.9. The number of alkyl carbamates (subject to hydrolysis) is 1. The third kappa shape index (κ3) is 4.04. The predicted molar refractivity (Wildman–Crippen MR) is 126 cm³/mol. The number of hydrogen-bond acceptors (Lipinski definition) is 4. The Labute approximate surface area is 199 Å². The molecular weight excluding hydrogens is 432 g/mol. The molecule has 0 radical (unpaired) electrons. The van der Waals surface area contributed by atoms with E-state index in [1.165, 1.54) is 22.3 Å². The van der Waals surface area contributed by atoms with Gasteiger partial charge in [0.1, 0.15) is 6.61 Å². The molecule has 2 saturated carbocycles. The fourth-order valence-electron chi connectivity index (χ4n) is 6.02. The number of ether oxygens (including phenoxy) is 1. The Kier molecular flexibility index (Phi) is 5.80. The molecule has 2 aromatic carbocycles. The van der Waals surface area contributed by atoms with Gasteiger partial charge >= 0.3 is 12.1 Å². The van der Waals surface area contributed by atoms with Gasteiger partial charge in [0, 0.05) is 32.0 Å². The molecule has 0 unspecified atom stereocenters. The van der Waals surface area contributed by atoms with E-state index in [0.717, 1.165) is 12.8 Å². The van der Waals surface area contributed by atoms with Gasteiger partial charge in [0.15, 0.2) is 0 Å². The van der Waals surface area contributed by atoms with Gasteiger partial charge in [-0.3, -0.25) is 9.59 Å². The van der Waals surface area contributed by atoms with Gasteiger partial charge in [-0.25, -0.2) is 4.79 Å². The number of carbonyl (C=O) groups is 3. The lowest BCUT2D eigenvalue weighted by atomic mass is 9.98. The molecule has 0 aliphatic heterocycles. The van der Waals surface area contributed by atoms with Crippen LogP contribution in [0.25, 0.3) is 11.1 Å². The lowest BCUT2D eigenvalue weighted by molar-refractivity contribution is -0.139. The quantitative estimate of drug-likeness (QED) is 0.618. The molecule has 34 heavy (non-hydrogen) atoms. The van der Waals surface area contributed by atoms with Crippen molar-refractivity contribution in [3.63, 3.8) is 0 Å². The number of fused-ring (bicyclic) bond motifs is 4. The number of carboxylic acid groups (broad SMARTS) is 1. The van der Waals surface area contributed by atoms with Crippen LogP contribution in [0.5, 0.6) is 0 Å². The normalized spacial score (nSPS) is 24.0. The minimum atomic E-state index is -0.850. The van der Waals surface area contributed by atoms with E-state index < -0.39 is 17.5 Å². The molecule has 2 aromatic rings. The number of hydrogen-bond donors (Lipinski definition) is 2. The molecule has 2 N–H and O–H groups in total. The highest BCUT2D eigenvalue weighted by Gasteiger charge is 2.65. The predicted octanol–water partition coefficient (Wildman–Crippen LogP) is 4.02. The largest absolute Gasteiger partial charge is 0.481 e. The van der Waals surface area contributed by atoms with E-state index in [4.69, 9.17) is 9.84 Å². The Hall–Kier alpha value is -3.35. The van der Waals surface area contributed by atoms with Crippen molar-refractivity contribution in [2.24, 2.45) is 11.3 Å². The summed E-state index contributed by atoms with van der Waals surface area (Å²) in [5.74, 6) is -0.487. The lowest BCUT2D eigenvalue weighted by Crippen LogP contribution is -2.39. The van der Waals surface area contributed by atoms with E-state index in [1.54, 1.807) is 11.9 Å². The van der Waals surface area contributed by atoms with E-state index in [-0.39, 0.29) is 36.8 Å². The van der Waals surface area contributed by atoms with Gasteiger partial charge in [0.25, 0.3) is 0 Å². The van der Waals surface area contributed by atoms with Crippen molar-refractivity contribution >= 4 is 18.0 Å². The van der Waals surface area contributed by atoms with Crippen LogP contribution in [0.3, 0.4) is 0 Å². The van der Waals surface area contributed by atoms with Crippen LogP contribution >= 0.6 is 0 Å². The third-order valence-electron chi connectivity index (χ3n) is 7.73. The fourth-order valence-corrected chi connectivity index (χ4v) is 6.02. The molecule has 0 aromatic heterocycles. The van der Waals surface area contributed by atoms with Gasteiger partial charge in [-0.05, 0) is 53.9 Å². The Morgan fingerprint density at radius 3 is 2.35 bits per heavy atom. The highest BCUT2D eigenvalue weighted by atomic mass is 16.5. The van der Waals surface area contributed by atoms with E-state index in [2.05, 4.69) is 29.6 Å². The zero-order valence-electron chi connectivity index (χ0n) is 19.3. The average Bonchev–Trinajstić information content (AvgIpc) is 3.25. The molecule has 2 amide bonds. The molecule has 7 heteroatoms. The van der Waals surface area contributed by atoms with Crippen molar-refractivity contribution in [1.82, 2.24) is 10.2 Å². The van der Waals surface area contributed by atoms with E-state index in [9.17, 15) is 14.4 Å². The molecule has 2 fully saturated rings. The van der Waals surface area contributed by atoms with Crippen LogP contribution < -0.4 is 5.32 Å². The summed E-state index contributed by atoms with van der Waals surface area (Å²) in [6.07, 6.45) is 2.30. The van der Waals surface area contributed by atoms with Gasteiger partial charge in [0.05, 0.1) is 5.41 Å². The zero-order valence-corrected chi connectivity index (χ0v) is 19.3. The van der Waals surface area contributed by atoms with Gasteiger partial charge < -0.3 is 20.1 Å². The Bertz CT molecular complexity index is 1090. The van der Waals surface area contributed by atoms with E-state index >= 15 is 0 Å². The minimum absolute atomic E-state index is 0.0162. The van der Waals surface area contributed by atoms with Crippen molar-refractivity contribution in [3.05, 3.63) is 59.7 Å². The maximum Gasteiger partial charge on any atom is 0.407 e. The maximum absolute atomic E-state index is 13.0. The smallest absolute Gasteiger partial charge is 0.407 e. The van der Waals surface area contributed by atoms with Crippen LogP contribution in [0, 0.1) is 11.3 Å². The Morgan fingerprint density at radius 1 is 1.06 bits per heavy atom. The second kappa shape index (κ2) is 8.78. The van der Waals surface area contributed by atoms with Gasteiger partial charge in [-0.1, -0.05) is 48.5 Å². The van der Waals surface area contributed by atoms with Crippen molar-refractivity contribution < 1.29 is 24.2 Å². The second-order valence-corrected chi connectivity index (χ2v) is 9.89. The van der Waals surface area contributed by atoms with Crippen LogP contribution in [0.1, 0.15) is 49.1 Å². The minimum Gasteiger partial charge on any atom is -0.481 e. The van der Waals surface area contributed by atoms with Crippen LogP contribution in [0.2, 0.25) is 0 Å². The fraction of sp³-hybridized carbons (Fsp3) is 0.444. The highest BCUT2D eigenvalue weighted by Crippen LogP contribution is 2.64. The maximum atomic E-state index is 13.0. The van der Waals surface area contributed by atoms with Crippen LogP contribution in [0.15, 0.2) is 48.5 Å². The van der Waals surface area contributed by atoms with E-state index in [1.807, 2.05) is 24.3 Å². The topological polar surface area (TPSA) is 95.9 Å². The number of aliphatic carboxylic acids is 1. The lowest BCUT2D eigenvalue weighted by Gasteiger charge is -2.24. The average molecular weight is 463 g/mol. The molecule has 0 heterocycles.